The molecule has 0 aliphatic carbocycles. The van der Waals surface area contributed by atoms with Gasteiger partial charge in [-0.3, -0.25) is 0 Å². The molecule has 5 nitrogen and oxygen atoms in total. The van der Waals surface area contributed by atoms with Gasteiger partial charge in [0, 0.05) is 12.3 Å². The molecule has 0 aromatic carbocycles. The van der Waals surface area contributed by atoms with Crippen molar-refractivity contribution >= 4 is 5.78 Å². The molecule has 0 spiro atoms. The van der Waals surface area contributed by atoms with E-state index in [0.717, 1.165) is 0 Å². The third-order valence-corrected chi connectivity index (χ3v) is 2.86. The molecule has 15 heavy (non-hydrogen) atoms. The van der Waals surface area contributed by atoms with Crippen molar-refractivity contribution in [2.75, 3.05) is 6.61 Å². The first-order chi connectivity index (χ1) is 6.97. The van der Waals surface area contributed by atoms with Crippen molar-refractivity contribution in [3.8, 4) is 0 Å². The molecular weight excluding hydrogens is 200 g/mol. The quantitative estimate of drug-likeness (QED) is 0.570. The van der Waals surface area contributed by atoms with E-state index in [2.05, 4.69) is 0 Å². The summed E-state index contributed by atoms with van der Waals surface area (Å²) in [5.74, 6) is -0.454. The van der Waals surface area contributed by atoms with Crippen molar-refractivity contribution in [1.82, 2.24) is 0 Å². The van der Waals surface area contributed by atoms with Crippen molar-refractivity contribution in [3.05, 3.63) is 0 Å². The van der Waals surface area contributed by atoms with Crippen molar-refractivity contribution in [1.29, 1.82) is 0 Å². The van der Waals surface area contributed by atoms with Gasteiger partial charge in [0.05, 0.1) is 18.8 Å². The molecule has 0 saturated carbocycles. The Morgan fingerprint density at radius 3 is 2.40 bits per heavy atom. The lowest BCUT2D eigenvalue weighted by atomic mass is 9.84. The Hall–Kier alpha value is -0.490. The standard InChI is InChI=1S/C10H18O5/c1-5(12)3-7-6(2)15-8(4-11)10(14)9(7)13/h6-11,13-14H,3-4H2,1-2H3. The maximum absolute atomic E-state index is 11.0. The maximum Gasteiger partial charge on any atom is 0.130 e. The predicted molar refractivity (Wildman–Crippen MR) is 52.2 cm³/mol. The molecule has 1 aliphatic rings. The molecule has 5 unspecified atom stereocenters. The topological polar surface area (TPSA) is 87.0 Å². The van der Waals surface area contributed by atoms with E-state index in [1.165, 1.54) is 6.92 Å². The van der Waals surface area contributed by atoms with Crippen LogP contribution in [-0.2, 0) is 9.53 Å². The predicted octanol–water partition coefficient (Wildman–Crippen LogP) is -0.917. The molecule has 88 valence electrons. The number of Topliss-reactive ketones (excluding diaryl/α,β-unsaturated/α-hetero) is 1. The lowest BCUT2D eigenvalue weighted by Gasteiger charge is -2.41. The van der Waals surface area contributed by atoms with Gasteiger partial charge in [0.25, 0.3) is 0 Å². The summed E-state index contributed by atoms with van der Waals surface area (Å²) in [6.07, 6.45) is -3.08. The average Bonchev–Trinajstić information content (AvgIpc) is 2.18. The minimum Gasteiger partial charge on any atom is -0.394 e. The van der Waals surface area contributed by atoms with Crippen molar-refractivity contribution in [3.63, 3.8) is 0 Å². The Kier molecular flexibility index (Phi) is 4.21. The summed E-state index contributed by atoms with van der Waals surface area (Å²) in [7, 11) is 0. The largest absolute Gasteiger partial charge is 0.394 e. The van der Waals surface area contributed by atoms with Gasteiger partial charge in [-0.2, -0.15) is 0 Å². The fourth-order valence-corrected chi connectivity index (χ4v) is 1.98. The van der Waals surface area contributed by atoms with Crippen molar-refractivity contribution in [2.24, 2.45) is 5.92 Å². The number of ketones is 1. The molecule has 0 radical (unpaired) electrons. The van der Waals surface area contributed by atoms with Crippen molar-refractivity contribution < 1.29 is 24.9 Å². The molecule has 0 aromatic heterocycles. The molecule has 0 aromatic rings. The highest BCUT2D eigenvalue weighted by Gasteiger charge is 2.42. The van der Waals surface area contributed by atoms with E-state index in [-0.39, 0.29) is 24.9 Å². The highest BCUT2D eigenvalue weighted by Crippen LogP contribution is 2.28. The van der Waals surface area contributed by atoms with Crippen LogP contribution in [0.4, 0.5) is 0 Å². The maximum atomic E-state index is 11.0. The van der Waals surface area contributed by atoms with Crippen LogP contribution in [0.15, 0.2) is 0 Å². The monoisotopic (exact) mass is 218 g/mol. The van der Waals surface area contributed by atoms with Crippen LogP contribution >= 0.6 is 0 Å². The zero-order valence-electron chi connectivity index (χ0n) is 8.96. The fourth-order valence-electron chi connectivity index (χ4n) is 1.98. The lowest BCUT2D eigenvalue weighted by molar-refractivity contribution is -0.205. The number of hydrogen-bond donors (Lipinski definition) is 3. The van der Waals surface area contributed by atoms with Crippen LogP contribution in [0.25, 0.3) is 0 Å². The summed E-state index contributed by atoms with van der Waals surface area (Å²) in [6, 6.07) is 0. The molecule has 1 aliphatic heterocycles. The van der Waals surface area contributed by atoms with Gasteiger partial charge in [-0.25, -0.2) is 0 Å². The smallest absolute Gasteiger partial charge is 0.130 e. The van der Waals surface area contributed by atoms with E-state index < -0.39 is 24.2 Å². The van der Waals surface area contributed by atoms with Gasteiger partial charge in [0.1, 0.15) is 18.0 Å². The number of rotatable bonds is 3. The summed E-state index contributed by atoms with van der Waals surface area (Å²) in [4.78, 5) is 11.0. The molecule has 5 heteroatoms. The van der Waals surface area contributed by atoms with Crippen molar-refractivity contribution in [2.45, 2.75) is 44.7 Å². The molecular formula is C10H18O5. The number of hydrogen-bond acceptors (Lipinski definition) is 5. The van der Waals surface area contributed by atoms with Gasteiger partial charge in [0.15, 0.2) is 0 Å². The Labute approximate surface area is 88.7 Å². The highest BCUT2D eigenvalue weighted by molar-refractivity contribution is 5.75. The Morgan fingerprint density at radius 2 is 1.93 bits per heavy atom. The molecule has 1 fully saturated rings. The third-order valence-electron chi connectivity index (χ3n) is 2.86. The van der Waals surface area contributed by atoms with Crippen LogP contribution in [0, 0.1) is 5.92 Å². The van der Waals surface area contributed by atoms with Crippen LogP contribution in [0.2, 0.25) is 0 Å². The van der Waals surface area contributed by atoms with Crippen LogP contribution in [0.3, 0.4) is 0 Å². The first-order valence-electron chi connectivity index (χ1n) is 5.09. The normalized spacial score (nSPS) is 41.5. The Morgan fingerprint density at radius 1 is 1.33 bits per heavy atom. The molecule has 3 N–H and O–H groups in total. The van der Waals surface area contributed by atoms with Gasteiger partial charge in [0.2, 0.25) is 0 Å². The minimum absolute atomic E-state index is 0.0517. The number of aliphatic hydroxyl groups excluding tert-OH is 3. The minimum atomic E-state index is -1.13. The first-order valence-corrected chi connectivity index (χ1v) is 5.09. The van der Waals surface area contributed by atoms with Crippen LogP contribution < -0.4 is 0 Å². The molecule has 1 rings (SSSR count). The van der Waals surface area contributed by atoms with Gasteiger partial charge in [-0.1, -0.05) is 0 Å². The van der Waals surface area contributed by atoms with Gasteiger partial charge in [-0.15, -0.1) is 0 Å². The second kappa shape index (κ2) is 5.03. The fraction of sp³-hybridized carbons (Fsp3) is 0.900. The average molecular weight is 218 g/mol. The number of aliphatic hydroxyl groups is 3. The molecule has 0 amide bonds. The zero-order chi connectivity index (χ0) is 11.6. The SMILES string of the molecule is CC(=O)CC1C(C)OC(CO)C(O)C1O. The van der Waals surface area contributed by atoms with E-state index >= 15 is 0 Å². The van der Waals surface area contributed by atoms with Crippen LogP contribution in [0.1, 0.15) is 20.3 Å². The highest BCUT2D eigenvalue weighted by atomic mass is 16.5. The van der Waals surface area contributed by atoms with Gasteiger partial charge < -0.3 is 24.9 Å². The molecule has 1 saturated heterocycles. The summed E-state index contributed by atoms with van der Waals surface area (Å²) < 4.78 is 5.32. The zero-order valence-corrected chi connectivity index (χ0v) is 8.96. The summed E-state index contributed by atoms with van der Waals surface area (Å²) in [5.41, 5.74) is 0. The van der Waals surface area contributed by atoms with Crippen LogP contribution in [0.5, 0.6) is 0 Å². The second-order valence-electron chi connectivity index (χ2n) is 4.11. The number of carbonyl (C=O) groups is 1. The molecule has 5 atom stereocenters. The lowest BCUT2D eigenvalue weighted by Crippen LogP contribution is -2.55. The second-order valence-corrected chi connectivity index (χ2v) is 4.11. The summed E-state index contributed by atoms with van der Waals surface area (Å²) >= 11 is 0. The van der Waals surface area contributed by atoms with Gasteiger partial charge >= 0.3 is 0 Å². The number of ether oxygens (including phenoxy) is 1. The van der Waals surface area contributed by atoms with E-state index in [4.69, 9.17) is 9.84 Å². The van der Waals surface area contributed by atoms with E-state index in [0.29, 0.717) is 0 Å². The van der Waals surface area contributed by atoms with Crippen LogP contribution in [-0.4, -0.2) is 52.1 Å². The molecule has 1 heterocycles. The van der Waals surface area contributed by atoms with E-state index in [1.54, 1.807) is 6.92 Å². The third kappa shape index (κ3) is 2.75. The number of carbonyl (C=O) groups excluding carboxylic acids is 1. The first kappa shape index (κ1) is 12.6. The summed E-state index contributed by atoms with van der Waals surface area (Å²) in [5, 5.41) is 28.3. The van der Waals surface area contributed by atoms with E-state index in [9.17, 15) is 15.0 Å². The van der Waals surface area contributed by atoms with E-state index in [1.807, 2.05) is 0 Å². The Bertz CT molecular complexity index is 230. The molecule has 0 bridgehead atoms. The Balaban J connectivity index is 2.70. The van der Waals surface area contributed by atoms with Gasteiger partial charge in [-0.05, 0) is 13.8 Å². The summed E-state index contributed by atoms with van der Waals surface area (Å²) in [6.45, 7) is 2.82.